The number of hydrogen-bond donors (Lipinski definition) is 3. The Bertz CT molecular complexity index is 167. The van der Waals surface area contributed by atoms with Gasteiger partial charge in [-0.25, -0.2) is 30.6 Å². The summed E-state index contributed by atoms with van der Waals surface area (Å²) in [6.45, 7) is 0. The van der Waals surface area contributed by atoms with Crippen molar-refractivity contribution in [1.82, 2.24) is 0 Å². The van der Waals surface area contributed by atoms with Crippen LogP contribution in [-0.4, -0.2) is 18.2 Å². The van der Waals surface area contributed by atoms with Gasteiger partial charge in [-0.1, -0.05) is 38.5 Å². The Balaban J connectivity index is -0.000000140. The van der Waals surface area contributed by atoms with Crippen molar-refractivity contribution in [1.29, 1.82) is 16.2 Å². The summed E-state index contributed by atoms with van der Waals surface area (Å²) < 4.78 is 0. The van der Waals surface area contributed by atoms with Crippen molar-refractivity contribution >= 4 is 18.2 Å². The summed E-state index contributed by atoms with van der Waals surface area (Å²) in [5, 5.41) is 16.2. The molecule has 0 aliphatic heterocycles. The van der Waals surface area contributed by atoms with Crippen LogP contribution in [0.2, 0.25) is 0 Å². The van der Waals surface area contributed by atoms with Gasteiger partial charge in [-0.05, 0) is 0 Å². The molecule has 0 bridgehead atoms. The fourth-order valence-electron chi connectivity index (χ4n) is 1.06. The molecule has 1 saturated carbocycles. The zero-order valence-electron chi connectivity index (χ0n) is 8.47. The van der Waals surface area contributed by atoms with E-state index in [1.165, 1.54) is 38.5 Å². The zero-order chi connectivity index (χ0) is 12.4. The van der Waals surface area contributed by atoms with Gasteiger partial charge in [0.05, 0.1) is 0 Å². The highest BCUT2D eigenvalue weighted by Crippen LogP contribution is 2.15. The minimum atomic E-state index is 0.750. The lowest BCUT2D eigenvalue weighted by Gasteiger charge is -2.05. The van der Waals surface area contributed by atoms with Crippen LogP contribution in [0.3, 0.4) is 0 Å². The van der Waals surface area contributed by atoms with Gasteiger partial charge in [0.25, 0.3) is 0 Å². The Kier molecular flexibility index (Phi) is 37.1. The van der Waals surface area contributed by atoms with Crippen LogP contribution in [-0.2, 0) is 14.4 Å². The van der Waals surface area contributed by atoms with Crippen molar-refractivity contribution in [3.05, 3.63) is 0 Å². The number of nitrogens with one attached hydrogen (secondary N) is 3. The van der Waals surface area contributed by atoms with Gasteiger partial charge in [-0.3, -0.25) is 0 Å². The van der Waals surface area contributed by atoms with Gasteiger partial charge in [-0.2, -0.15) is 0 Å². The molecule has 3 N–H and O–H groups in total. The van der Waals surface area contributed by atoms with E-state index in [1.54, 1.807) is 0 Å². The van der Waals surface area contributed by atoms with Gasteiger partial charge in [-0.15, -0.1) is 0 Å². The predicted molar refractivity (Wildman–Crippen MR) is 52.9 cm³/mol. The monoisotopic (exact) mass is 213 g/mol. The second-order valence-corrected chi connectivity index (χ2v) is 2.43. The quantitative estimate of drug-likeness (QED) is 0.421. The molecule has 0 amide bonds. The Morgan fingerprint density at radius 1 is 0.533 bits per heavy atom. The highest BCUT2D eigenvalue weighted by atomic mass is 16.1. The maximum atomic E-state index is 8.35. The van der Waals surface area contributed by atoms with Crippen molar-refractivity contribution in [3.63, 3.8) is 0 Å². The minimum absolute atomic E-state index is 0.750. The summed E-state index contributed by atoms with van der Waals surface area (Å²) in [7, 11) is 0. The van der Waals surface area contributed by atoms with Gasteiger partial charge >= 0.3 is 0 Å². The van der Waals surface area contributed by atoms with Gasteiger partial charge in [0, 0.05) is 0 Å². The molecule has 1 rings (SSSR count). The zero-order valence-corrected chi connectivity index (χ0v) is 8.47. The highest BCUT2D eigenvalue weighted by molar-refractivity contribution is 5.26. The largest absolute Gasteiger partial charge is 0.231 e. The third-order valence-corrected chi connectivity index (χ3v) is 1.50. The van der Waals surface area contributed by atoms with Gasteiger partial charge in [0.15, 0.2) is 0 Å². The van der Waals surface area contributed by atoms with Crippen LogP contribution < -0.4 is 0 Å². The van der Waals surface area contributed by atoms with E-state index in [9.17, 15) is 0 Å². The first kappa shape index (κ1) is 18.8. The van der Waals surface area contributed by atoms with Crippen LogP contribution in [0.4, 0.5) is 0 Å². The maximum Gasteiger partial charge on any atom is 0.231 e. The molecule has 1 fully saturated rings. The Hall–Kier alpha value is -1.86. The normalized spacial score (nSPS) is 11.2. The summed E-state index contributed by atoms with van der Waals surface area (Å²) in [6.07, 6.45) is 11.2. The number of carbonyl (C=O) groups excluding carboxylic acids is 3. The molecule has 0 radical (unpaired) electrons. The van der Waals surface area contributed by atoms with E-state index in [1.807, 2.05) is 0 Å². The van der Waals surface area contributed by atoms with E-state index >= 15 is 0 Å². The second-order valence-electron chi connectivity index (χ2n) is 2.43. The first-order valence-electron chi connectivity index (χ1n) is 4.36. The molecule has 0 atom stereocenters. The summed E-state index contributed by atoms with van der Waals surface area (Å²) in [6, 6.07) is 0. The molecule has 0 saturated heterocycles. The van der Waals surface area contributed by atoms with E-state index in [0.29, 0.717) is 0 Å². The van der Waals surface area contributed by atoms with E-state index in [-0.39, 0.29) is 0 Å². The van der Waals surface area contributed by atoms with Crippen molar-refractivity contribution in [2.45, 2.75) is 38.5 Å². The number of hydrogen-bond acceptors (Lipinski definition) is 6. The van der Waals surface area contributed by atoms with Crippen LogP contribution in [0.15, 0.2) is 0 Å². The summed E-state index contributed by atoms with van der Waals surface area (Å²) >= 11 is 0. The average Bonchev–Trinajstić information content (AvgIpc) is 2.24. The molecule has 84 valence electrons. The second kappa shape index (κ2) is 29.6. The first-order chi connectivity index (χ1) is 7.24. The molecule has 0 unspecified atom stereocenters. The van der Waals surface area contributed by atoms with E-state index < -0.39 is 0 Å². The number of rotatable bonds is 0. The molecular formula is C9H15N3O3. The lowest BCUT2D eigenvalue weighted by molar-refractivity contribution is 0.504. The maximum absolute atomic E-state index is 8.35. The summed E-state index contributed by atoms with van der Waals surface area (Å²) in [4.78, 5) is 25.0. The van der Waals surface area contributed by atoms with E-state index in [0.717, 1.165) is 18.2 Å². The van der Waals surface area contributed by atoms with Crippen LogP contribution in [0.5, 0.6) is 0 Å². The molecular weight excluding hydrogens is 198 g/mol. The van der Waals surface area contributed by atoms with Crippen molar-refractivity contribution in [3.8, 4) is 0 Å². The highest BCUT2D eigenvalue weighted by Gasteiger charge is 1.95. The lowest BCUT2D eigenvalue weighted by atomic mass is 10.0. The number of isocyanates is 3. The Labute approximate surface area is 88.2 Å². The predicted octanol–water partition coefficient (Wildman–Crippen LogP) is 2.04. The molecule has 0 aromatic rings. The molecule has 0 heterocycles. The molecule has 6 nitrogen and oxygen atoms in total. The molecule has 1 aliphatic carbocycles. The minimum Gasteiger partial charge on any atom is -0.222 e. The Morgan fingerprint density at radius 2 is 0.600 bits per heavy atom. The molecule has 6 heteroatoms. The van der Waals surface area contributed by atoms with Crippen molar-refractivity contribution in [2.75, 3.05) is 0 Å². The summed E-state index contributed by atoms with van der Waals surface area (Å²) in [5.74, 6) is 0. The van der Waals surface area contributed by atoms with Crippen LogP contribution >= 0.6 is 0 Å². The third kappa shape index (κ3) is 72.8. The van der Waals surface area contributed by atoms with Crippen LogP contribution in [0.25, 0.3) is 0 Å². The fourth-order valence-corrected chi connectivity index (χ4v) is 1.06. The van der Waals surface area contributed by atoms with E-state index in [2.05, 4.69) is 0 Å². The topological polar surface area (TPSA) is 123 Å². The summed E-state index contributed by atoms with van der Waals surface area (Å²) in [5.41, 5.74) is 0. The van der Waals surface area contributed by atoms with Gasteiger partial charge < -0.3 is 0 Å². The standard InChI is InChI=1S/C6H12.3CHNO/c1-2-4-6-5-3-1;3*2-1-3/h1-6H2;3*2H. The smallest absolute Gasteiger partial charge is 0.222 e. The molecule has 0 aromatic heterocycles. The Morgan fingerprint density at radius 3 is 0.667 bits per heavy atom. The third-order valence-electron chi connectivity index (χ3n) is 1.50. The van der Waals surface area contributed by atoms with Gasteiger partial charge in [0.1, 0.15) is 0 Å². The van der Waals surface area contributed by atoms with Crippen LogP contribution in [0.1, 0.15) is 38.5 Å². The average molecular weight is 213 g/mol. The molecule has 0 aromatic carbocycles. The fraction of sp³-hybridized carbons (Fsp3) is 0.667. The van der Waals surface area contributed by atoms with Crippen molar-refractivity contribution < 1.29 is 14.4 Å². The lowest BCUT2D eigenvalue weighted by Crippen LogP contribution is -1.85. The molecule has 15 heavy (non-hydrogen) atoms. The molecule has 1 aliphatic rings. The molecule has 0 spiro atoms. The SMILES string of the molecule is C1CCCCC1.N=C=O.N=C=O.N=C=O. The van der Waals surface area contributed by atoms with Crippen LogP contribution in [0, 0.1) is 16.2 Å². The first-order valence-corrected chi connectivity index (χ1v) is 4.36. The van der Waals surface area contributed by atoms with Crippen molar-refractivity contribution in [2.24, 2.45) is 0 Å². The van der Waals surface area contributed by atoms with E-state index in [4.69, 9.17) is 30.6 Å². The van der Waals surface area contributed by atoms with Gasteiger partial charge in [0.2, 0.25) is 18.2 Å².